The fourth-order valence-electron chi connectivity index (χ4n) is 3.74. The van der Waals surface area contributed by atoms with Gasteiger partial charge in [0.15, 0.2) is 0 Å². The number of hydrogen-bond donors (Lipinski definition) is 1. The summed E-state index contributed by atoms with van der Waals surface area (Å²) < 4.78 is 41.5. The molecule has 1 atom stereocenters. The van der Waals surface area contributed by atoms with Crippen LogP contribution < -0.4 is 10.1 Å². The predicted molar refractivity (Wildman–Crippen MR) is 101 cm³/mol. The molecule has 0 amide bonds. The molecule has 1 saturated heterocycles. The Bertz CT molecular complexity index is 932. The Morgan fingerprint density at radius 3 is 2.39 bits per heavy atom. The third kappa shape index (κ3) is 4.10. The molecule has 146 valence electrons. The largest absolute Gasteiger partial charge is 0.573 e. The van der Waals surface area contributed by atoms with Gasteiger partial charge in [0, 0.05) is 37.8 Å². The molecule has 1 aromatic heterocycles. The molecule has 2 heterocycles. The number of ether oxygens (including phenoxy) is 1. The molecule has 4 nitrogen and oxygen atoms in total. The molecule has 0 aliphatic carbocycles. The number of pyridine rings is 1. The average Bonchev–Trinajstić information content (AvgIpc) is 2.69. The Morgan fingerprint density at radius 1 is 0.964 bits per heavy atom. The Kier molecular flexibility index (Phi) is 5.19. The van der Waals surface area contributed by atoms with Crippen molar-refractivity contribution in [2.45, 2.75) is 12.4 Å². The molecule has 1 aliphatic rings. The van der Waals surface area contributed by atoms with Gasteiger partial charge in [0.2, 0.25) is 0 Å². The molecule has 1 N–H and O–H groups in total. The van der Waals surface area contributed by atoms with E-state index in [0.717, 1.165) is 48.2 Å². The van der Waals surface area contributed by atoms with Crippen molar-refractivity contribution >= 4 is 10.9 Å². The van der Waals surface area contributed by atoms with E-state index in [1.54, 1.807) is 18.3 Å². The number of nitrogens with zero attached hydrogens (tertiary/aromatic N) is 2. The van der Waals surface area contributed by atoms with Crippen LogP contribution >= 0.6 is 0 Å². The molecular weight excluding hydrogens is 367 g/mol. The second kappa shape index (κ2) is 7.77. The summed E-state index contributed by atoms with van der Waals surface area (Å²) >= 11 is 0. The topological polar surface area (TPSA) is 37.4 Å². The van der Waals surface area contributed by atoms with Crippen LogP contribution in [-0.4, -0.2) is 42.4 Å². The SMILES string of the molecule is FC(F)(F)Oc1ccc([C@H](c2ccnc3ccccc23)N2CCNCC2)cc1. The Morgan fingerprint density at radius 2 is 1.68 bits per heavy atom. The van der Waals surface area contributed by atoms with Crippen LogP contribution in [0.15, 0.2) is 60.8 Å². The molecule has 0 saturated carbocycles. The number of alkyl halides is 3. The maximum atomic E-state index is 12.5. The number of rotatable bonds is 4. The number of halogens is 3. The van der Waals surface area contributed by atoms with Gasteiger partial charge in [0.25, 0.3) is 0 Å². The number of para-hydroxylation sites is 1. The first kappa shape index (κ1) is 18.7. The zero-order valence-corrected chi connectivity index (χ0v) is 15.1. The smallest absolute Gasteiger partial charge is 0.406 e. The van der Waals surface area contributed by atoms with Crippen molar-refractivity contribution in [1.29, 1.82) is 0 Å². The highest BCUT2D eigenvalue weighted by Crippen LogP contribution is 2.34. The molecule has 3 aromatic rings. The third-order valence-electron chi connectivity index (χ3n) is 4.92. The molecule has 1 fully saturated rings. The standard InChI is InChI=1S/C21H20F3N3O/c22-21(23,24)28-16-7-5-15(6-8-16)20(27-13-11-25-12-14-27)18-9-10-26-19-4-2-1-3-17(18)19/h1-10,20,25H,11-14H2/t20-/m1/s1. The first-order valence-corrected chi connectivity index (χ1v) is 9.15. The fraction of sp³-hybridized carbons (Fsp3) is 0.286. The quantitative estimate of drug-likeness (QED) is 0.731. The lowest BCUT2D eigenvalue weighted by Crippen LogP contribution is -2.45. The van der Waals surface area contributed by atoms with E-state index in [2.05, 4.69) is 19.9 Å². The summed E-state index contributed by atoms with van der Waals surface area (Å²) in [4.78, 5) is 6.79. The zero-order valence-electron chi connectivity index (χ0n) is 15.1. The van der Waals surface area contributed by atoms with Crippen molar-refractivity contribution in [2.24, 2.45) is 0 Å². The summed E-state index contributed by atoms with van der Waals surface area (Å²) in [6.45, 7) is 3.44. The minimum absolute atomic E-state index is 0.0741. The molecule has 0 spiro atoms. The maximum Gasteiger partial charge on any atom is 0.573 e. The van der Waals surface area contributed by atoms with Gasteiger partial charge in [-0.05, 0) is 35.4 Å². The third-order valence-corrected chi connectivity index (χ3v) is 4.92. The maximum absolute atomic E-state index is 12.5. The highest BCUT2D eigenvalue weighted by atomic mass is 19.4. The van der Waals surface area contributed by atoms with E-state index >= 15 is 0 Å². The monoisotopic (exact) mass is 387 g/mol. The van der Waals surface area contributed by atoms with Crippen molar-refractivity contribution in [3.63, 3.8) is 0 Å². The molecule has 7 heteroatoms. The minimum Gasteiger partial charge on any atom is -0.406 e. The fourth-order valence-corrected chi connectivity index (χ4v) is 3.74. The Labute approximate surface area is 160 Å². The first-order chi connectivity index (χ1) is 13.5. The average molecular weight is 387 g/mol. The number of hydrogen-bond acceptors (Lipinski definition) is 4. The second-order valence-corrected chi connectivity index (χ2v) is 6.72. The van der Waals surface area contributed by atoms with Crippen molar-refractivity contribution in [1.82, 2.24) is 15.2 Å². The van der Waals surface area contributed by atoms with E-state index in [4.69, 9.17) is 0 Å². The molecule has 28 heavy (non-hydrogen) atoms. The van der Waals surface area contributed by atoms with Crippen molar-refractivity contribution < 1.29 is 17.9 Å². The summed E-state index contributed by atoms with van der Waals surface area (Å²) in [6.07, 6.45) is -2.91. The van der Waals surface area contributed by atoms with Crippen LogP contribution in [-0.2, 0) is 0 Å². The molecule has 0 radical (unpaired) electrons. The lowest BCUT2D eigenvalue weighted by Gasteiger charge is -2.36. The van der Waals surface area contributed by atoms with Gasteiger partial charge in [-0.3, -0.25) is 9.88 Å². The Balaban J connectivity index is 1.76. The number of piperazine rings is 1. The second-order valence-electron chi connectivity index (χ2n) is 6.72. The highest BCUT2D eigenvalue weighted by Gasteiger charge is 2.31. The summed E-state index contributed by atoms with van der Waals surface area (Å²) in [7, 11) is 0. The van der Waals surface area contributed by atoms with Crippen LogP contribution in [0.25, 0.3) is 10.9 Å². The van der Waals surface area contributed by atoms with E-state index < -0.39 is 6.36 Å². The molecule has 0 bridgehead atoms. The van der Waals surface area contributed by atoms with Crippen LogP contribution in [0.3, 0.4) is 0 Å². The van der Waals surface area contributed by atoms with Crippen LogP contribution in [0.2, 0.25) is 0 Å². The summed E-state index contributed by atoms with van der Waals surface area (Å²) in [6, 6.07) is 16.0. The summed E-state index contributed by atoms with van der Waals surface area (Å²) in [5.41, 5.74) is 2.92. The molecular formula is C21H20F3N3O. The highest BCUT2D eigenvalue weighted by molar-refractivity contribution is 5.82. The molecule has 1 aliphatic heterocycles. The first-order valence-electron chi connectivity index (χ1n) is 9.15. The van der Waals surface area contributed by atoms with Crippen LogP contribution in [0.4, 0.5) is 13.2 Å². The number of nitrogens with one attached hydrogen (secondary N) is 1. The van der Waals surface area contributed by atoms with Crippen molar-refractivity contribution in [3.8, 4) is 5.75 Å². The van der Waals surface area contributed by atoms with Gasteiger partial charge < -0.3 is 10.1 Å². The predicted octanol–water partition coefficient (Wildman–Crippen LogP) is 4.13. The van der Waals surface area contributed by atoms with E-state index in [0.29, 0.717) is 0 Å². The Hall–Kier alpha value is -2.64. The van der Waals surface area contributed by atoms with E-state index in [1.165, 1.54) is 12.1 Å². The number of aromatic nitrogens is 1. The zero-order chi connectivity index (χ0) is 19.6. The van der Waals surface area contributed by atoms with E-state index in [1.807, 2.05) is 30.3 Å². The number of benzene rings is 2. The number of fused-ring (bicyclic) bond motifs is 1. The van der Waals surface area contributed by atoms with Crippen LogP contribution in [0.1, 0.15) is 17.2 Å². The molecule has 2 aromatic carbocycles. The van der Waals surface area contributed by atoms with Gasteiger partial charge in [-0.25, -0.2) is 0 Å². The molecule has 0 unspecified atom stereocenters. The van der Waals surface area contributed by atoms with Gasteiger partial charge in [-0.1, -0.05) is 30.3 Å². The summed E-state index contributed by atoms with van der Waals surface area (Å²) in [5, 5.41) is 4.39. The lowest BCUT2D eigenvalue weighted by atomic mass is 9.93. The summed E-state index contributed by atoms with van der Waals surface area (Å²) in [5.74, 6) is -0.213. The van der Waals surface area contributed by atoms with Gasteiger partial charge in [0.1, 0.15) is 5.75 Å². The van der Waals surface area contributed by atoms with Crippen molar-refractivity contribution in [2.75, 3.05) is 26.2 Å². The van der Waals surface area contributed by atoms with Crippen LogP contribution in [0.5, 0.6) is 5.75 Å². The normalized spacial score (nSPS) is 16.8. The van der Waals surface area contributed by atoms with Gasteiger partial charge in [0.05, 0.1) is 11.6 Å². The molecule has 4 rings (SSSR count). The van der Waals surface area contributed by atoms with Gasteiger partial charge in [-0.15, -0.1) is 13.2 Å². The van der Waals surface area contributed by atoms with Gasteiger partial charge >= 0.3 is 6.36 Å². The van der Waals surface area contributed by atoms with Crippen LogP contribution in [0, 0.1) is 0 Å². The lowest BCUT2D eigenvalue weighted by molar-refractivity contribution is -0.274. The van der Waals surface area contributed by atoms with E-state index in [-0.39, 0.29) is 11.8 Å². The van der Waals surface area contributed by atoms with Crippen molar-refractivity contribution in [3.05, 3.63) is 71.9 Å². The minimum atomic E-state index is -4.69. The van der Waals surface area contributed by atoms with E-state index in [9.17, 15) is 13.2 Å². The van der Waals surface area contributed by atoms with Gasteiger partial charge in [-0.2, -0.15) is 0 Å².